The molecule has 1 aliphatic rings. The zero-order valence-corrected chi connectivity index (χ0v) is 12.5. The van der Waals surface area contributed by atoms with E-state index < -0.39 is 0 Å². The van der Waals surface area contributed by atoms with Crippen LogP contribution in [0.1, 0.15) is 32.4 Å². The van der Waals surface area contributed by atoms with Gasteiger partial charge in [-0.2, -0.15) is 0 Å². The predicted molar refractivity (Wildman–Crippen MR) is 83.1 cm³/mol. The van der Waals surface area contributed by atoms with Gasteiger partial charge >= 0.3 is 0 Å². The highest BCUT2D eigenvalue weighted by Crippen LogP contribution is 2.33. The SMILES string of the molecule is Cc1ccccc1C(Cl)c1ccc2c(c1)C(=O)NCCO2. The molecule has 0 bridgehead atoms. The molecule has 1 N–H and O–H groups in total. The third-order valence-electron chi connectivity index (χ3n) is 3.65. The first-order valence-electron chi connectivity index (χ1n) is 6.91. The van der Waals surface area contributed by atoms with Crippen molar-refractivity contribution in [2.75, 3.05) is 13.2 Å². The van der Waals surface area contributed by atoms with Crippen molar-refractivity contribution in [2.24, 2.45) is 0 Å². The minimum Gasteiger partial charge on any atom is -0.491 e. The van der Waals surface area contributed by atoms with Gasteiger partial charge in [-0.15, -0.1) is 11.6 Å². The van der Waals surface area contributed by atoms with Crippen LogP contribution in [0.5, 0.6) is 5.75 Å². The van der Waals surface area contributed by atoms with E-state index in [1.165, 1.54) is 0 Å². The maximum atomic E-state index is 12.0. The molecule has 21 heavy (non-hydrogen) atoms. The van der Waals surface area contributed by atoms with E-state index in [2.05, 4.69) is 5.32 Å². The summed E-state index contributed by atoms with van der Waals surface area (Å²) < 4.78 is 5.56. The van der Waals surface area contributed by atoms with Crippen LogP contribution in [0.2, 0.25) is 0 Å². The number of halogens is 1. The molecule has 0 aromatic heterocycles. The number of rotatable bonds is 2. The molecule has 0 radical (unpaired) electrons. The molecular formula is C17H16ClNO2. The molecule has 3 nitrogen and oxygen atoms in total. The van der Waals surface area contributed by atoms with E-state index in [4.69, 9.17) is 16.3 Å². The fourth-order valence-corrected chi connectivity index (χ4v) is 2.86. The second kappa shape index (κ2) is 5.78. The van der Waals surface area contributed by atoms with Gasteiger partial charge in [-0.3, -0.25) is 4.79 Å². The molecule has 0 saturated carbocycles. The minimum atomic E-state index is -0.285. The van der Waals surface area contributed by atoms with Gasteiger partial charge < -0.3 is 10.1 Å². The topological polar surface area (TPSA) is 38.3 Å². The van der Waals surface area contributed by atoms with Crippen molar-refractivity contribution in [1.29, 1.82) is 0 Å². The summed E-state index contributed by atoms with van der Waals surface area (Å²) in [4.78, 5) is 12.0. The fourth-order valence-electron chi connectivity index (χ4n) is 2.48. The van der Waals surface area contributed by atoms with Crippen LogP contribution in [0.4, 0.5) is 0 Å². The zero-order valence-electron chi connectivity index (χ0n) is 11.7. The van der Waals surface area contributed by atoms with Crippen molar-refractivity contribution < 1.29 is 9.53 Å². The average molecular weight is 302 g/mol. The molecule has 2 aromatic carbocycles. The number of carbonyl (C=O) groups excluding carboxylic acids is 1. The lowest BCUT2D eigenvalue weighted by Gasteiger charge is -2.15. The van der Waals surface area contributed by atoms with Crippen molar-refractivity contribution in [1.82, 2.24) is 5.32 Å². The number of nitrogens with one attached hydrogen (secondary N) is 1. The number of carbonyl (C=O) groups is 1. The third kappa shape index (κ3) is 2.74. The zero-order chi connectivity index (χ0) is 14.8. The van der Waals surface area contributed by atoms with Crippen molar-refractivity contribution in [3.05, 3.63) is 64.7 Å². The number of alkyl halides is 1. The second-order valence-corrected chi connectivity index (χ2v) is 5.52. The molecule has 1 aliphatic heterocycles. The quantitative estimate of drug-likeness (QED) is 0.863. The molecule has 2 aromatic rings. The Kier molecular flexibility index (Phi) is 3.84. The number of hydrogen-bond acceptors (Lipinski definition) is 2. The van der Waals surface area contributed by atoms with Gasteiger partial charge in [0.1, 0.15) is 12.4 Å². The Balaban J connectivity index is 2.00. The van der Waals surface area contributed by atoms with E-state index in [1.54, 1.807) is 0 Å². The highest BCUT2D eigenvalue weighted by atomic mass is 35.5. The molecule has 0 fully saturated rings. The summed E-state index contributed by atoms with van der Waals surface area (Å²) in [6, 6.07) is 13.6. The predicted octanol–water partition coefficient (Wildman–Crippen LogP) is 3.45. The lowest BCUT2D eigenvalue weighted by molar-refractivity contribution is 0.0957. The molecule has 108 valence electrons. The lowest BCUT2D eigenvalue weighted by Crippen LogP contribution is -2.24. The Hall–Kier alpha value is -2.00. The van der Waals surface area contributed by atoms with E-state index in [0.29, 0.717) is 24.5 Å². The number of ether oxygens (including phenoxy) is 1. The van der Waals surface area contributed by atoms with Gasteiger partial charge in [0, 0.05) is 0 Å². The van der Waals surface area contributed by atoms with Crippen LogP contribution in [-0.4, -0.2) is 19.1 Å². The molecule has 1 atom stereocenters. The fraction of sp³-hybridized carbons (Fsp3) is 0.235. The number of fused-ring (bicyclic) bond motifs is 1. The maximum Gasteiger partial charge on any atom is 0.255 e. The number of benzene rings is 2. The van der Waals surface area contributed by atoms with Crippen molar-refractivity contribution >= 4 is 17.5 Å². The Morgan fingerprint density at radius 2 is 2.05 bits per heavy atom. The van der Waals surface area contributed by atoms with E-state index in [0.717, 1.165) is 16.7 Å². The van der Waals surface area contributed by atoms with Gasteiger partial charge in [0.05, 0.1) is 17.5 Å². The summed E-state index contributed by atoms with van der Waals surface area (Å²) in [6.07, 6.45) is 0. The van der Waals surface area contributed by atoms with Crippen LogP contribution in [0.15, 0.2) is 42.5 Å². The molecule has 3 rings (SSSR count). The summed E-state index contributed by atoms with van der Waals surface area (Å²) in [6.45, 7) is 3.04. The minimum absolute atomic E-state index is 0.113. The van der Waals surface area contributed by atoms with Crippen LogP contribution in [0.3, 0.4) is 0 Å². The third-order valence-corrected chi connectivity index (χ3v) is 4.13. The molecule has 1 heterocycles. The molecule has 1 unspecified atom stereocenters. The number of amides is 1. The molecule has 4 heteroatoms. The van der Waals surface area contributed by atoms with E-state index in [1.807, 2.05) is 49.4 Å². The number of hydrogen-bond donors (Lipinski definition) is 1. The molecular weight excluding hydrogens is 286 g/mol. The molecule has 1 amide bonds. The van der Waals surface area contributed by atoms with Crippen LogP contribution >= 0.6 is 11.6 Å². The molecule has 0 spiro atoms. The van der Waals surface area contributed by atoms with Crippen LogP contribution in [0, 0.1) is 6.92 Å². The Morgan fingerprint density at radius 1 is 1.24 bits per heavy atom. The first-order valence-corrected chi connectivity index (χ1v) is 7.35. The number of aryl methyl sites for hydroxylation is 1. The van der Waals surface area contributed by atoms with Gasteiger partial charge in [-0.05, 0) is 35.7 Å². The Morgan fingerprint density at radius 3 is 2.86 bits per heavy atom. The van der Waals surface area contributed by atoms with Crippen molar-refractivity contribution in [3.63, 3.8) is 0 Å². The average Bonchev–Trinajstić information content (AvgIpc) is 2.69. The largest absolute Gasteiger partial charge is 0.491 e. The van der Waals surface area contributed by atoms with Gasteiger partial charge in [0.2, 0.25) is 0 Å². The van der Waals surface area contributed by atoms with Crippen LogP contribution < -0.4 is 10.1 Å². The second-order valence-electron chi connectivity index (χ2n) is 5.08. The van der Waals surface area contributed by atoms with Crippen LogP contribution in [0.25, 0.3) is 0 Å². The van der Waals surface area contributed by atoms with Crippen molar-refractivity contribution in [3.8, 4) is 5.75 Å². The van der Waals surface area contributed by atoms with Crippen molar-refractivity contribution in [2.45, 2.75) is 12.3 Å². The Labute approximate surface area is 128 Å². The monoisotopic (exact) mass is 301 g/mol. The summed E-state index contributed by atoms with van der Waals surface area (Å²) in [5, 5.41) is 2.53. The summed E-state index contributed by atoms with van der Waals surface area (Å²) in [7, 11) is 0. The molecule has 0 saturated heterocycles. The lowest BCUT2D eigenvalue weighted by atomic mass is 9.98. The normalized spacial score (nSPS) is 15.4. The van der Waals surface area contributed by atoms with E-state index in [9.17, 15) is 4.79 Å². The standard InChI is InChI=1S/C17H16ClNO2/c1-11-4-2-3-5-13(11)16(18)12-6-7-15-14(10-12)17(20)19-8-9-21-15/h2-7,10,16H,8-9H2,1H3,(H,19,20). The van der Waals surface area contributed by atoms with Crippen LogP contribution in [-0.2, 0) is 0 Å². The van der Waals surface area contributed by atoms with Gasteiger partial charge in [0.25, 0.3) is 5.91 Å². The van der Waals surface area contributed by atoms with E-state index >= 15 is 0 Å². The van der Waals surface area contributed by atoms with Gasteiger partial charge in [0.15, 0.2) is 0 Å². The highest BCUT2D eigenvalue weighted by Gasteiger charge is 2.20. The van der Waals surface area contributed by atoms with E-state index in [-0.39, 0.29) is 11.3 Å². The first kappa shape index (κ1) is 14.0. The smallest absolute Gasteiger partial charge is 0.255 e. The first-order chi connectivity index (χ1) is 10.2. The summed E-state index contributed by atoms with van der Waals surface area (Å²) in [5.74, 6) is 0.500. The molecule has 0 aliphatic carbocycles. The van der Waals surface area contributed by atoms with Gasteiger partial charge in [-0.1, -0.05) is 30.3 Å². The maximum absolute atomic E-state index is 12.0. The Bertz CT molecular complexity index is 684. The van der Waals surface area contributed by atoms with Gasteiger partial charge in [-0.25, -0.2) is 0 Å². The highest BCUT2D eigenvalue weighted by molar-refractivity contribution is 6.22. The summed E-state index contributed by atoms with van der Waals surface area (Å²) >= 11 is 6.60. The summed E-state index contributed by atoms with van der Waals surface area (Å²) in [5.41, 5.74) is 3.62.